The van der Waals surface area contributed by atoms with E-state index in [-0.39, 0.29) is 5.91 Å². The molecule has 0 aliphatic carbocycles. The van der Waals surface area contributed by atoms with Crippen molar-refractivity contribution in [2.45, 2.75) is 13.5 Å². The largest absolute Gasteiger partial charge is 0.366 e. The molecule has 1 aromatic rings. The number of nitrogens with one attached hydrogen (secondary N) is 1. The quantitative estimate of drug-likeness (QED) is 0.791. The highest BCUT2D eigenvalue weighted by atomic mass is 16.2. The number of nitrogens with zero attached hydrogens (tertiary/aromatic N) is 1. The first-order valence-corrected chi connectivity index (χ1v) is 6.52. The van der Waals surface area contributed by atoms with Gasteiger partial charge in [0, 0.05) is 37.8 Å². The van der Waals surface area contributed by atoms with E-state index in [2.05, 4.69) is 5.32 Å². The summed E-state index contributed by atoms with van der Waals surface area (Å²) in [7, 11) is 1.78. The lowest BCUT2D eigenvalue weighted by molar-refractivity contribution is -0.126. The van der Waals surface area contributed by atoms with Gasteiger partial charge in [0.2, 0.25) is 11.8 Å². The number of amides is 2. The Morgan fingerprint density at radius 3 is 2.30 bits per heavy atom. The fraction of sp³-hybridized carbons (Fsp3) is 0.333. The molecule has 1 fully saturated rings. The van der Waals surface area contributed by atoms with Crippen LogP contribution in [0.15, 0.2) is 35.4 Å². The molecule has 2 amide bonds. The number of primary amides is 1. The summed E-state index contributed by atoms with van der Waals surface area (Å²) in [5.74, 6) is -0.403. The summed E-state index contributed by atoms with van der Waals surface area (Å²) in [6.45, 7) is 3.98. The number of carbonyl (C=O) groups is 2. The standard InChI is InChI=1S/C15H19N3O2/c1-10(13-7-17-8-13)15(20)18(2)9-11-3-5-12(6-4-11)14(16)19/h3-6,17H,7-9H2,1-2H3,(H2,16,19). The van der Waals surface area contributed by atoms with Crippen molar-refractivity contribution in [3.8, 4) is 0 Å². The molecule has 1 aliphatic rings. The summed E-state index contributed by atoms with van der Waals surface area (Å²) in [6.07, 6.45) is 0. The van der Waals surface area contributed by atoms with Gasteiger partial charge in [-0.3, -0.25) is 9.59 Å². The molecule has 5 nitrogen and oxygen atoms in total. The van der Waals surface area contributed by atoms with Crippen molar-refractivity contribution < 1.29 is 9.59 Å². The minimum Gasteiger partial charge on any atom is -0.366 e. The van der Waals surface area contributed by atoms with E-state index in [4.69, 9.17) is 5.73 Å². The van der Waals surface area contributed by atoms with E-state index >= 15 is 0 Å². The maximum atomic E-state index is 12.2. The molecule has 106 valence electrons. The molecule has 1 aromatic carbocycles. The number of nitrogens with two attached hydrogens (primary N) is 1. The number of hydrogen-bond acceptors (Lipinski definition) is 3. The van der Waals surface area contributed by atoms with Gasteiger partial charge in [-0.2, -0.15) is 0 Å². The van der Waals surface area contributed by atoms with Crippen LogP contribution in [0.25, 0.3) is 0 Å². The zero-order chi connectivity index (χ0) is 14.7. The molecule has 1 aliphatic heterocycles. The Hall–Kier alpha value is -2.14. The van der Waals surface area contributed by atoms with Gasteiger partial charge >= 0.3 is 0 Å². The van der Waals surface area contributed by atoms with Crippen molar-refractivity contribution in [3.63, 3.8) is 0 Å². The molecule has 3 N–H and O–H groups in total. The van der Waals surface area contributed by atoms with Gasteiger partial charge in [-0.1, -0.05) is 12.1 Å². The van der Waals surface area contributed by atoms with Gasteiger partial charge in [0.05, 0.1) is 0 Å². The van der Waals surface area contributed by atoms with Gasteiger partial charge in [0.1, 0.15) is 0 Å². The molecule has 0 unspecified atom stereocenters. The zero-order valence-corrected chi connectivity index (χ0v) is 11.8. The highest BCUT2D eigenvalue weighted by Crippen LogP contribution is 2.13. The Labute approximate surface area is 118 Å². The molecule has 0 radical (unpaired) electrons. The van der Waals surface area contributed by atoms with Crippen LogP contribution in [0.2, 0.25) is 0 Å². The summed E-state index contributed by atoms with van der Waals surface area (Å²) in [4.78, 5) is 24.9. The molecular formula is C15H19N3O2. The lowest BCUT2D eigenvalue weighted by Gasteiger charge is -2.24. The molecule has 20 heavy (non-hydrogen) atoms. The van der Waals surface area contributed by atoms with Crippen LogP contribution in [-0.4, -0.2) is 36.9 Å². The Morgan fingerprint density at radius 2 is 1.85 bits per heavy atom. The van der Waals surface area contributed by atoms with Crippen LogP contribution in [-0.2, 0) is 11.3 Å². The van der Waals surface area contributed by atoms with Gasteiger partial charge in [-0.25, -0.2) is 0 Å². The summed E-state index contributed by atoms with van der Waals surface area (Å²) in [6, 6.07) is 6.99. The van der Waals surface area contributed by atoms with E-state index < -0.39 is 5.91 Å². The van der Waals surface area contributed by atoms with Gasteiger partial charge in [0.15, 0.2) is 0 Å². The summed E-state index contributed by atoms with van der Waals surface area (Å²) < 4.78 is 0. The van der Waals surface area contributed by atoms with Crippen molar-refractivity contribution in [2.75, 3.05) is 20.1 Å². The molecule has 0 aromatic heterocycles. The average molecular weight is 273 g/mol. The highest BCUT2D eigenvalue weighted by Gasteiger charge is 2.18. The third kappa shape index (κ3) is 3.05. The molecule has 2 rings (SSSR count). The third-order valence-electron chi connectivity index (χ3n) is 3.53. The maximum Gasteiger partial charge on any atom is 0.249 e. The Kier molecular flexibility index (Phi) is 4.20. The average Bonchev–Trinajstić information content (AvgIpc) is 2.36. The monoisotopic (exact) mass is 273 g/mol. The zero-order valence-electron chi connectivity index (χ0n) is 11.8. The van der Waals surface area contributed by atoms with Gasteiger partial charge < -0.3 is 16.0 Å². The van der Waals surface area contributed by atoms with E-state index in [1.165, 1.54) is 5.57 Å². The fourth-order valence-electron chi connectivity index (χ4n) is 2.07. The minimum atomic E-state index is -0.445. The van der Waals surface area contributed by atoms with Crippen molar-refractivity contribution >= 4 is 11.8 Å². The predicted molar refractivity (Wildman–Crippen MR) is 77.0 cm³/mol. The minimum absolute atomic E-state index is 0.0421. The lowest BCUT2D eigenvalue weighted by atomic mass is 10.0. The van der Waals surface area contributed by atoms with E-state index in [9.17, 15) is 9.59 Å². The fourth-order valence-corrected chi connectivity index (χ4v) is 2.07. The number of hydrogen-bond donors (Lipinski definition) is 2. The van der Waals surface area contributed by atoms with Crippen LogP contribution in [0.4, 0.5) is 0 Å². The van der Waals surface area contributed by atoms with E-state index in [1.807, 2.05) is 19.1 Å². The van der Waals surface area contributed by atoms with Crippen LogP contribution in [0, 0.1) is 0 Å². The Bertz CT molecular complexity index is 555. The number of benzene rings is 1. The van der Waals surface area contributed by atoms with Crippen molar-refractivity contribution in [2.24, 2.45) is 5.73 Å². The summed E-state index contributed by atoms with van der Waals surface area (Å²) in [5.41, 5.74) is 8.63. The number of likely N-dealkylation sites (N-methyl/N-ethyl adjacent to an activating group) is 1. The molecule has 0 bridgehead atoms. The third-order valence-corrected chi connectivity index (χ3v) is 3.53. The second-order valence-corrected chi connectivity index (χ2v) is 5.05. The van der Waals surface area contributed by atoms with Crippen LogP contribution >= 0.6 is 0 Å². The smallest absolute Gasteiger partial charge is 0.249 e. The maximum absolute atomic E-state index is 12.2. The van der Waals surface area contributed by atoms with Crippen LogP contribution in [0.3, 0.4) is 0 Å². The number of carbonyl (C=O) groups excluding carboxylic acids is 2. The normalized spacial score (nSPS) is 13.6. The van der Waals surface area contributed by atoms with Crippen LogP contribution in [0.5, 0.6) is 0 Å². The topological polar surface area (TPSA) is 75.4 Å². The van der Waals surface area contributed by atoms with Crippen molar-refractivity contribution in [1.82, 2.24) is 10.2 Å². The lowest BCUT2D eigenvalue weighted by Crippen LogP contribution is -2.38. The second kappa shape index (κ2) is 5.88. The molecule has 0 atom stereocenters. The van der Waals surface area contributed by atoms with E-state index in [1.54, 1.807) is 24.1 Å². The van der Waals surface area contributed by atoms with Crippen molar-refractivity contribution in [1.29, 1.82) is 0 Å². The first-order valence-electron chi connectivity index (χ1n) is 6.52. The predicted octanol–water partition coefficient (Wildman–Crippen LogP) is 0.664. The molecular weight excluding hydrogens is 254 g/mol. The summed E-state index contributed by atoms with van der Waals surface area (Å²) in [5, 5.41) is 3.13. The Balaban J connectivity index is 2.02. The first kappa shape index (κ1) is 14.3. The van der Waals surface area contributed by atoms with E-state index in [0.29, 0.717) is 12.1 Å². The molecule has 0 saturated carbocycles. The van der Waals surface area contributed by atoms with Gasteiger partial charge in [-0.05, 0) is 30.2 Å². The molecule has 5 heteroatoms. The molecule has 0 spiro atoms. The van der Waals surface area contributed by atoms with Crippen LogP contribution < -0.4 is 11.1 Å². The van der Waals surface area contributed by atoms with Gasteiger partial charge in [-0.15, -0.1) is 0 Å². The van der Waals surface area contributed by atoms with Crippen LogP contribution in [0.1, 0.15) is 22.8 Å². The number of rotatable bonds is 4. The Morgan fingerprint density at radius 1 is 1.25 bits per heavy atom. The van der Waals surface area contributed by atoms with Crippen molar-refractivity contribution in [3.05, 3.63) is 46.5 Å². The SMILES string of the molecule is CC(C(=O)N(C)Cc1ccc(C(N)=O)cc1)=C1CNC1. The first-order chi connectivity index (χ1) is 9.49. The van der Waals surface area contributed by atoms with E-state index in [0.717, 1.165) is 24.2 Å². The highest BCUT2D eigenvalue weighted by molar-refractivity contribution is 5.94. The molecule has 1 saturated heterocycles. The second-order valence-electron chi connectivity index (χ2n) is 5.05. The summed E-state index contributed by atoms with van der Waals surface area (Å²) >= 11 is 0. The molecule has 1 heterocycles. The van der Waals surface area contributed by atoms with Gasteiger partial charge in [0.25, 0.3) is 0 Å².